The molecule has 0 aliphatic carbocycles. The molecule has 0 aromatic heterocycles. The van der Waals surface area contributed by atoms with Gasteiger partial charge >= 0.3 is 0 Å². The Morgan fingerprint density at radius 1 is 0.952 bits per heavy atom. The summed E-state index contributed by atoms with van der Waals surface area (Å²) in [5.41, 5.74) is 2.68. The van der Waals surface area contributed by atoms with Crippen molar-refractivity contribution in [3.8, 4) is 11.5 Å². The quantitative estimate of drug-likeness (QED) is 0.794. The molecule has 0 saturated heterocycles. The number of aryl methyl sites for hydroxylation is 1. The SMILES string of the molecule is Cc1ccc(Br)c(C(O)c2cc3c(cc2Br)OCCO3)c1. The van der Waals surface area contributed by atoms with Gasteiger partial charge in [0.15, 0.2) is 11.5 Å². The summed E-state index contributed by atoms with van der Waals surface area (Å²) in [5.74, 6) is 1.37. The van der Waals surface area contributed by atoms with Gasteiger partial charge in [-0.15, -0.1) is 0 Å². The van der Waals surface area contributed by atoms with Gasteiger partial charge in [0.05, 0.1) is 0 Å². The minimum atomic E-state index is -0.746. The summed E-state index contributed by atoms with van der Waals surface area (Å²) in [4.78, 5) is 0. The lowest BCUT2D eigenvalue weighted by molar-refractivity contribution is 0.169. The van der Waals surface area contributed by atoms with E-state index in [4.69, 9.17) is 9.47 Å². The first-order chi connectivity index (χ1) is 10.1. The molecular formula is C16H14Br2O3. The first kappa shape index (κ1) is 14.9. The van der Waals surface area contributed by atoms with Gasteiger partial charge in [0.2, 0.25) is 0 Å². The fourth-order valence-electron chi connectivity index (χ4n) is 2.33. The van der Waals surface area contributed by atoms with E-state index in [9.17, 15) is 5.11 Å². The van der Waals surface area contributed by atoms with E-state index < -0.39 is 6.10 Å². The largest absolute Gasteiger partial charge is 0.486 e. The number of hydrogen-bond acceptors (Lipinski definition) is 3. The van der Waals surface area contributed by atoms with Gasteiger partial charge in [-0.1, -0.05) is 49.6 Å². The molecule has 0 saturated carbocycles. The molecule has 3 nitrogen and oxygen atoms in total. The number of fused-ring (bicyclic) bond motifs is 1. The molecule has 1 atom stereocenters. The highest BCUT2D eigenvalue weighted by molar-refractivity contribution is 9.10. The van der Waals surface area contributed by atoms with Crippen molar-refractivity contribution in [2.75, 3.05) is 13.2 Å². The van der Waals surface area contributed by atoms with Crippen molar-refractivity contribution in [2.45, 2.75) is 13.0 Å². The standard InChI is InChI=1S/C16H14Br2O3/c1-9-2-3-12(17)10(6-9)16(19)11-7-14-15(8-13(11)18)21-5-4-20-14/h2-3,6-8,16,19H,4-5H2,1H3. The molecule has 1 aliphatic heterocycles. The van der Waals surface area contributed by atoms with E-state index in [0.717, 1.165) is 25.6 Å². The lowest BCUT2D eigenvalue weighted by Gasteiger charge is -2.22. The number of hydrogen-bond donors (Lipinski definition) is 1. The number of aliphatic hydroxyl groups excluding tert-OH is 1. The Bertz CT molecular complexity index is 685. The summed E-state index contributed by atoms with van der Waals surface area (Å²) in [6, 6.07) is 9.59. The summed E-state index contributed by atoms with van der Waals surface area (Å²) in [6.45, 7) is 3.07. The predicted octanol–water partition coefficient (Wildman–Crippen LogP) is 4.37. The van der Waals surface area contributed by atoms with Crippen molar-refractivity contribution < 1.29 is 14.6 Å². The van der Waals surface area contributed by atoms with Crippen LogP contribution in [-0.4, -0.2) is 18.3 Å². The highest BCUT2D eigenvalue weighted by atomic mass is 79.9. The highest BCUT2D eigenvalue weighted by Gasteiger charge is 2.21. The molecule has 2 aromatic carbocycles. The fraction of sp³-hybridized carbons (Fsp3) is 0.250. The first-order valence-electron chi connectivity index (χ1n) is 6.59. The van der Waals surface area contributed by atoms with Gasteiger partial charge in [-0.3, -0.25) is 0 Å². The Labute approximate surface area is 140 Å². The second kappa shape index (κ2) is 5.99. The van der Waals surface area contributed by atoms with Crippen LogP contribution in [0, 0.1) is 6.92 Å². The van der Waals surface area contributed by atoms with Crippen LogP contribution in [-0.2, 0) is 0 Å². The Balaban J connectivity index is 2.05. The van der Waals surface area contributed by atoms with E-state index in [2.05, 4.69) is 31.9 Å². The van der Waals surface area contributed by atoms with E-state index in [1.54, 1.807) is 0 Å². The molecule has 0 bridgehead atoms. The van der Waals surface area contributed by atoms with Crippen molar-refractivity contribution in [1.29, 1.82) is 0 Å². The fourth-order valence-corrected chi connectivity index (χ4v) is 3.33. The second-order valence-corrected chi connectivity index (χ2v) is 6.65. The average Bonchev–Trinajstić information content (AvgIpc) is 2.48. The maximum atomic E-state index is 10.7. The normalized spacial score (nSPS) is 14.9. The Hall–Kier alpha value is -1.04. The van der Waals surface area contributed by atoms with Gasteiger partial charge in [-0.2, -0.15) is 0 Å². The third kappa shape index (κ3) is 2.96. The van der Waals surface area contributed by atoms with Gasteiger partial charge in [-0.05, 0) is 30.7 Å². The highest BCUT2D eigenvalue weighted by Crippen LogP contribution is 2.40. The first-order valence-corrected chi connectivity index (χ1v) is 8.18. The molecular weight excluding hydrogens is 400 g/mol. The van der Waals surface area contributed by atoms with E-state index in [-0.39, 0.29) is 0 Å². The minimum Gasteiger partial charge on any atom is -0.486 e. The van der Waals surface area contributed by atoms with E-state index in [0.29, 0.717) is 24.7 Å². The van der Waals surface area contributed by atoms with Crippen molar-refractivity contribution in [1.82, 2.24) is 0 Å². The minimum absolute atomic E-state index is 0.526. The Kier molecular flexibility index (Phi) is 4.24. The van der Waals surface area contributed by atoms with Crippen LogP contribution in [0.25, 0.3) is 0 Å². The second-order valence-electron chi connectivity index (χ2n) is 4.94. The molecule has 1 unspecified atom stereocenters. The topological polar surface area (TPSA) is 38.7 Å². The molecule has 1 heterocycles. The molecule has 0 radical (unpaired) electrons. The summed E-state index contributed by atoms with van der Waals surface area (Å²) in [7, 11) is 0. The summed E-state index contributed by atoms with van der Waals surface area (Å²) in [6.07, 6.45) is -0.746. The lowest BCUT2D eigenvalue weighted by Crippen LogP contribution is -2.16. The van der Waals surface area contributed by atoms with E-state index in [1.807, 2.05) is 37.3 Å². The average molecular weight is 414 g/mol. The molecule has 110 valence electrons. The van der Waals surface area contributed by atoms with Crippen LogP contribution in [0.4, 0.5) is 0 Å². The maximum absolute atomic E-state index is 10.7. The van der Waals surface area contributed by atoms with Crippen molar-refractivity contribution >= 4 is 31.9 Å². The van der Waals surface area contributed by atoms with Gasteiger partial charge in [-0.25, -0.2) is 0 Å². The van der Waals surface area contributed by atoms with Crippen LogP contribution >= 0.6 is 31.9 Å². The Morgan fingerprint density at radius 2 is 1.57 bits per heavy atom. The smallest absolute Gasteiger partial charge is 0.162 e. The molecule has 1 aliphatic rings. The molecule has 0 spiro atoms. The predicted molar refractivity (Wildman–Crippen MR) is 88.1 cm³/mol. The number of aliphatic hydroxyl groups is 1. The number of rotatable bonds is 2. The van der Waals surface area contributed by atoms with Crippen LogP contribution in [0.2, 0.25) is 0 Å². The number of ether oxygens (including phenoxy) is 2. The van der Waals surface area contributed by atoms with Crippen LogP contribution in [0.1, 0.15) is 22.8 Å². The van der Waals surface area contributed by atoms with Crippen molar-refractivity contribution in [2.24, 2.45) is 0 Å². The Morgan fingerprint density at radius 3 is 2.29 bits per heavy atom. The summed E-state index contributed by atoms with van der Waals surface area (Å²) >= 11 is 7.00. The zero-order valence-corrected chi connectivity index (χ0v) is 14.6. The maximum Gasteiger partial charge on any atom is 0.162 e. The van der Waals surface area contributed by atoms with Crippen molar-refractivity contribution in [3.05, 3.63) is 56.0 Å². The van der Waals surface area contributed by atoms with Crippen molar-refractivity contribution in [3.63, 3.8) is 0 Å². The van der Waals surface area contributed by atoms with Gasteiger partial charge in [0.1, 0.15) is 19.3 Å². The van der Waals surface area contributed by atoms with E-state index in [1.165, 1.54) is 0 Å². The molecule has 0 fully saturated rings. The van der Waals surface area contributed by atoms with Crippen LogP contribution in [0.3, 0.4) is 0 Å². The zero-order chi connectivity index (χ0) is 15.0. The molecule has 5 heteroatoms. The third-order valence-electron chi connectivity index (χ3n) is 3.40. The molecule has 2 aromatic rings. The third-order valence-corrected chi connectivity index (χ3v) is 4.81. The zero-order valence-electron chi connectivity index (χ0n) is 11.4. The number of halogens is 2. The molecule has 21 heavy (non-hydrogen) atoms. The number of benzene rings is 2. The summed E-state index contributed by atoms with van der Waals surface area (Å²) in [5, 5.41) is 10.7. The van der Waals surface area contributed by atoms with E-state index >= 15 is 0 Å². The van der Waals surface area contributed by atoms with Gasteiger partial charge in [0, 0.05) is 14.5 Å². The van der Waals surface area contributed by atoms with Crippen LogP contribution in [0.15, 0.2) is 39.3 Å². The summed E-state index contributed by atoms with van der Waals surface area (Å²) < 4.78 is 12.8. The van der Waals surface area contributed by atoms with Crippen LogP contribution in [0.5, 0.6) is 11.5 Å². The monoisotopic (exact) mass is 412 g/mol. The van der Waals surface area contributed by atoms with Gasteiger partial charge in [0.25, 0.3) is 0 Å². The van der Waals surface area contributed by atoms with Crippen LogP contribution < -0.4 is 9.47 Å². The molecule has 1 N–H and O–H groups in total. The molecule has 3 rings (SSSR count). The van der Waals surface area contributed by atoms with Gasteiger partial charge < -0.3 is 14.6 Å². The lowest BCUT2D eigenvalue weighted by atomic mass is 9.99. The molecule has 0 amide bonds.